The Labute approximate surface area is 209 Å². The summed E-state index contributed by atoms with van der Waals surface area (Å²) in [6, 6.07) is 2.10. The Morgan fingerprint density at radius 2 is 1.63 bits per heavy atom. The minimum atomic E-state index is -0.858. The van der Waals surface area contributed by atoms with Crippen LogP contribution in [0.1, 0.15) is 78.1 Å². The van der Waals surface area contributed by atoms with Gasteiger partial charge in [0.05, 0.1) is 5.92 Å². The molecule has 3 fully saturated rings. The molecule has 35 heavy (non-hydrogen) atoms. The van der Waals surface area contributed by atoms with E-state index in [2.05, 4.69) is 19.1 Å². The maximum Gasteiger partial charge on any atom is 0.314 e. The molecule has 0 spiro atoms. The fraction of sp³-hybridized carbons (Fsp3) is 0.633. The smallest absolute Gasteiger partial charge is 0.314 e. The molecule has 4 unspecified atom stereocenters. The van der Waals surface area contributed by atoms with Gasteiger partial charge in [0.15, 0.2) is 17.4 Å². The van der Waals surface area contributed by atoms with E-state index in [1.54, 1.807) is 19.1 Å². The van der Waals surface area contributed by atoms with Crippen molar-refractivity contribution in [3.63, 3.8) is 0 Å². The van der Waals surface area contributed by atoms with E-state index in [9.17, 15) is 13.6 Å². The number of carbonyl (C=O) groups excluding carboxylic acids is 1. The van der Waals surface area contributed by atoms with Crippen LogP contribution in [0.25, 0.3) is 0 Å². The van der Waals surface area contributed by atoms with Crippen LogP contribution in [0.3, 0.4) is 0 Å². The molecule has 3 saturated carbocycles. The molecule has 1 aromatic rings. The second kappa shape index (κ2) is 12.2. The first kappa shape index (κ1) is 25.9. The molecular weight excluding hydrogens is 446 g/mol. The molecule has 0 aliphatic heterocycles. The highest BCUT2D eigenvalue weighted by Crippen LogP contribution is 2.50. The molecule has 3 aliphatic carbocycles. The van der Waals surface area contributed by atoms with Crippen LogP contribution in [0.15, 0.2) is 36.4 Å². The molecule has 192 valence electrons. The molecule has 0 bridgehead atoms. The third kappa shape index (κ3) is 6.34. The fourth-order valence-corrected chi connectivity index (χ4v) is 6.95. The molecule has 4 atom stereocenters. The second-order valence-corrected chi connectivity index (χ2v) is 10.8. The van der Waals surface area contributed by atoms with Gasteiger partial charge in [-0.25, -0.2) is 8.78 Å². The predicted octanol–water partition coefficient (Wildman–Crippen LogP) is 8.04. The van der Waals surface area contributed by atoms with Gasteiger partial charge in [-0.05, 0) is 94.8 Å². The molecule has 4 rings (SSSR count). The van der Waals surface area contributed by atoms with E-state index < -0.39 is 17.4 Å². The van der Waals surface area contributed by atoms with Gasteiger partial charge in [-0.1, -0.05) is 37.1 Å². The first-order valence-electron chi connectivity index (χ1n) is 13.6. The standard InChI is InChI=1S/C30H40F2O3/c1-3-5-16-34-29-27(31)18-24(19-28(29)32)35-30(33)26-9-6-8-23-17-22(14-15-25(23)26)21-12-10-20(7-4-2)11-13-21/h3-5,7,18-23,25-26H,6,8-17H2,1-2H3/b5-3+,7-4+. The van der Waals surface area contributed by atoms with Gasteiger partial charge in [0, 0.05) is 12.1 Å². The van der Waals surface area contributed by atoms with Crippen LogP contribution >= 0.6 is 0 Å². The third-order valence-corrected chi connectivity index (χ3v) is 8.69. The largest absolute Gasteiger partial charge is 0.483 e. The van der Waals surface area contributed by atoms with Gasteiger partial charge in [0.1, 0.15) is 12.4 Å². The lowest BCUT2D eigenvalue weighted by Crippen LogP contribution is -2.40. The van der Waals surface area contributed by atoms with E-state index in [1.807, 2.05) is 0 Å². The summed E-state index contributed by atoms with van der Waals surface area (Å²) < 4.78 is 39.5. The van der Waals surface area contributed by atoms with Gasteiger partial charge >= 0.3 is 5.97 Å². The molecule has 5 heteroatoms. The maximum absolute atomic E-state index is 14.4. The van der Waals surface area contributed by atoms with Crippen LogP contribution in [0.5, 0.6) is 11.5 Å². The molecule has 0 radical (unpaired) electrons. The Balaban J connectivity index is 1.34. The van der Waals surface area contributed by atoms with Crippen LogP contribution in [0.4, 0.5) is 8.78 Å². The summed E-state index contributed by atoms with van der Waals surface area (Å²) in [6.45, 7) is 3.99. The number of esters is 1. The monoisotopic (exact) mass is 486 g/mol. The first-order valence-corrected chi connectivity index (χ1v) is 13.6. The van der Waals surface area contributed by atoms with Crippen LogP contribution < -0.4 is 9.47 Å². The number of hydrogen-bond acceptors (Lipinski definition) is 3. The zero-order valence-corrected chi connectivity index (χ0v) is 21.2. The average molecular weight is 487 g/mol. The number of halogens is 2. The molecular formula is C30H40F2O3. The highest BCUT2D eigenvalue weighted by atomic mass is 19.1. The maximum atomic E-state index is 14.4. The van der Waals surface area contributed by atoms with Crippen LogP contribution in [-0.2, 0) is 4.79 Å². The number of ether oxygens (including phenoxy) is 2. The lowest BCUT2D eigenvalue weighted by Gasteiger charge is -2.45. The molecule has 0 amide bonds. The van der Waals surface area contributed by atoms with E-state index in [0.29, 0.717) is 11.8 Å². The summed E-state index contributed by atoms with van der Waals surface area (Å²) >= 11 is 0. The fourth-order valence-electron chi connectivity index (χ4n) is 6.95. The number of rotatable bonds is 7. The number of hydrogen-bond donors (Lipinski definition) is 0. The lowest BCUT2D eigenvalue weighted by atomic mass is 9.59. The van der Waals surface area contributed by atoms with Gasteiger partial charge < -0.3 is 9.47 Å². The van der Waals surface area contributed by atoms with Gasteiger partial charge in [-0.3, -0.25) is 4.79 Å². The first-order chi connectivity index (χ1) is 17.0. The number of allylic oxidation sites excluding steroid dienone is 3. The zero-order valence-electron chi connectivity index (χ0n) is 21.2. The summed E-state index contributed by atoms with van der Waals surface area (Å²) in [5.41, 5.74) is 0. The SMILES string of the molecule is C/C=C/COc1c(F)cc(OC(=O)C2CCCC3CC(C4CCC(/C=C/C)CC4)CCC32)cc1F. The molecule has 3 aliphatic rings. The predicted molar refractivity (Wildman–Crippen MR) is 134 cm³/mol. The normalized spacial score (nSPS) is 31.4. The summed E-state index contributed by atoms with van der Waals surface area (Å²) in [6.07, 6.45) is 19.7. The van der Waals surface area contributed by atoms with E-state index in [4.69, 9.17) is 9.47 Å². The van der Waals surface area contributed by atoms with Crippen molar-refractivity contribution in [3.8, 4) is 11.5 Å². The van der Waals surface area contributed by atoms with Gasteiger partial charge in [-0.15, -0.1) is 0 Å². The average Bonchev–Trinajstić information content (AvgIpc) is 2.85. The Hall–Kier alpha value is -2.17. The Bertz CT molecular complexity index is 893. The van der Waals surface area contributed by atoms with Crippen molar-refractivity contribution in [2.75, 3.05) is 6.61 Å². The van der Waals surface area contributed by atoms with Crippen molar-refractivity contribution >= 4 is 5.97 Å². The minimum Gasteiger partial charge on any atom is -0.483 e. The van der Waals surface area contributed by atoms with Crippen LogP contribution in [-0.4, -0.2) is 12.6 Å². The van der Waals surface area contributed by atoms with E-state index in [1.165, 1.54) is 44.9 Å². The molecule has 1 aromatic carbocycles. The second-order valence-electron chi connectivity index (χ2n) is 10.8. The Kier molecular flexibility index (Phi) is 9.02. The summed E-state index contributed by atoms with van der Waals surface area (Å²) in [5.74, 6) is 0.463. The zero-order chi connectivity index (χ0) is 24.8. The summed E-state index contributed by atoms with van der Waals surface area (Å²) in [5, 5.41) is 0. The van der Waals surface area contributed by atoms with Crippen molar-refractivity contribution in [1.82, 2.24) is 0 Å². The van der Waals surface area contributed by atoms with E-state index in [0.717, 1.165) is 49.1 Å². The highest BCUT2D eigenvalue weighted by molar-refractivity contribution is 5.75. The number of carbonyl (C=O) groups is 1. The van der Waals surface area contributed by atoms with Crippen molar-refractivity contribution in [3.05, 3.63) is 48.1 Å². The lowest BCUT2D eigenvalue weighted by molar-refractivity contribution is -0.144. The van der Waals surface area contributed by atoms with Crippen molar-refractivity contribution < 1.29 is 23.0 Å². The molecule has 0 aromatic heterocycles. The van der Waals surface area contributed by atoms with Crippen LogP contribution in [0, 0.1) is 47.1 Å². The minimum absolute atomic E-state index is 0.0762. The van der Waals surface area contributed by atoms with Crippen molar-refractivity contribution in [2.24, 2.45) is 35.5 Å². The van der Waals surface area contributed by atoms with Crippen molar-refractivity contribution in [1.29, 1.82) is 0 Å². The summed E-state index contributed by atoms with van der Waals surface area (Å²) in [7, 11) is 0. The van der Waals surface area contributed by atoms with Crippen molar-refractivity contribution in [2.45, 2.75) is 78.1 Å². The number of benzene rings is 1. The molecule has 0 N–H and O–H groups in total. The van der Waals surface area contributed by atoms with Gasteiger partial charge in [0.25, 0.3) is 0 Å². The third-order valence-electron chi connectivity index (χ3n) is 8.69. The van der Waals surface area contributed by atoms with Gasteiger partial charge in [-0.2, -0.15) is 0 Å². The van der Waals surface area contributed by atoms with Gasteiger partial charge in [0.2, 0.25) is 0 Å². The highest BCUT2D eigenvalue weighted by Gasteiger charge is 2.43. The van der Waals surface area contributed by atoms with E-state index in [-0.39, 0.29) is 24.2 Å². The topological polar surface area (TPSA) is 35.5 Å². The Morgan fingerprint density at radius 1 is 0.914 bits per heavy atom. The quantitative estimate of drug-likeness (QED) is 0.222. The molecule has 0 saturated heterocycles. The molecule has 0 heterocycles. The number of fused-ring (bicyclic) bond motifs is 1. The van der Waals surface area contributed by atoms with E-state index >= 15 is 0 Å². The Morgan fingerprint density at radius 3 is 2.31 bits per heavy atom. The molecule has 3 nitrogen and oxygen atoms in total. The van der Waals surface area contributed by atoms with Crippen LogP contribution in [0.2, 0.25) is 0 Å². The summed E-state index contributed by atoms with van der Waals surface area (Å²) in [4.78, 5) is 13.1.